The second kappa shape index (κ2) is 12.1. The van der Waals surface area contributed by atoms with Crippen molar-refractivity contribution in [2.24, 2.45) is 9.98 Å². The number of rotatable bonds is 10. The monoisotopic (exact) mass is 410 g/mol. The van der Waals surface area contributed by atoms with Gasteiger partial charge in [-0.15, -0.1) is 0 Å². The van der Waals surface area contributed by atoms with Gasteiger partial charge in [-0.25, -0.2) is 4.98 Å². The molecule has 1 aromatic rings. The Balaban J connectivity index is 1.90. The number of amidine groups is 1. The summed E-state index contributed by atoms with van der Waals surface area (Å²) in [4.78, 5) is 19.5. The predicted octanol–water partition coefficient (Wildman–Crippen LogP) is 2.85. The van der Waals surface area contributed by atoms with Gasteiger partial charge in [-0.1, -0.05) is 19.9 Å². The van der Waals surface area contributed by atoms with Crippen molar-refractivity contribution < 1.29 is 0 Å². The van der Waals surface area contributed by atoms with Crippen LogP contribution in [0, 0.1) is 18.3 Å². The fraction of sp³-hybridized carbons (Fsp3) is 0.545. The van der Waals surface area contributed by atoms with Gasteiger partial charge in [-0.3, -0.25) is 20.2 Å². The maximum atomic E-state index is 8.98. The number of aliphatic imine (C=N–C) groups is 2. The first-order valence-corrected chi connectivity index (χ1v) is 10.5. The summed E-state index contributed by atoms with van der Waals surface area (Å²) in [6, 6.07) is 2.17. The molecule has 0 bridgehead atoms. The third kappa shape index (κ3) is 7.25. The molecular weight excluding hydrogens is 376 g/mol. The van der Waals surface area contributed by atoms with Gasteiger partial charge in [0.05, 0.1) is 12.0 Å². The van der Waals surface area contributed by atoms with Crippen LogP contribution < -0.4 is 10.6 Å². The van der Waals surface area contributed by atoms with Gasteiger partial charge in [0, 0.05) is 48.9 Å². The maximum Gasteiger partial charge on any atom is 0.155 e. The van der Waals surface area contributed by atoms with E-state index in [1.807, 2.05) is 25.3 Å². The Labute approximate surface area is 179 Å². The highest BCUT2D eigenvalue weighted by Gasteiger charge is 2.17. The lowest BCUT2D eigenvalue weighted by molar-refractivity contribution is 0.212. The summed E-state index contributed by atoms with van der Waals surface area (Å²) in [7, 11) is 2.07. The summed E-state index contributed by atoms with van der Waals surface area (Å²) in [6.07, 6.45) is 8.93. The Morgan fingerprint density at radius 3 is 2.93 bits per heavy atom. The van der Waals surface area contributed by atoms with Crippen LogP contribution in [0.4, 0.5) is 0 Å². The summed E-state index contributed by atoms with van der Waals surface area (Å²) in [6.45, 7) is 10.7. The number of aromatic nitrogens is 2. The molecule has 0 saturated carbocycles. The third-order valence-electron chi connectivity index (χ3n) is 4.99. The zero-order valence-electron chi connectivity index (χ0n) is 18.7. The van der Waals surface area contributed by atoms with Gasteiger partial charge in [-0.05, 0) is 39.9 Å². The number of nitrogens with one attached hydrogen (secondary N) is 3. The molecule has 0 spiro atoms. The van der Waals surface area contributed by atoms with Crippen LogP contribution in [0.3, 0.4) is 0 Å². The number of imidazole rings is 1. The van der Waals surface area contributed by atoms with Crippen molar-refractivity contribution in [3.05, 3.63) is 41.6 Å². The van der Waals surface area contributed by atoms with Gasteiger partial charge >= 0.3 is 0 Å². The van der Waals surface area contributed by atoms with E-state index in [0.29, 0.717) is 18.5 Å². The number of aromatic amines is 1. The van der Waals surface area contributed by atoms with Crippen LogP contribution in [0.25, 0.3) is 0 Å². The lowest BCUT2D eigenvalue weighted by Gasteiger charge is -2.26. The molecule has 3 N–H and O–H groups in total. The van der Waals surface area contributed by atoms with E-state index < -0.39 is 0 Å². The number of aryl methyl sites for hydroxylation is 1. The van der Waals surface area contributed by atoms with E-state index >= 15 is 0 Å². The fourth-order valence-corrected chi connectivity index (χ4v) is 3.02. The van der Waals surface area contributed by atoms with Gasteiger partial charge in [0.15, 0.2) is 6.29 Å². The van der Waals surface area contributed by atoms with Crippen LogP contribution in [0.1, 0.15) is 51.0 Å². The first-order chi connectivity index (χ1) is 14.4. The third-order valence-corrected chi connectivity index (χ3v) is 4.99. The molecule has 2 atom stereocenters. The van der Waals surface area contributed by atoms with Crippen LogP contribution in [0.15, 0.2) is 40.1 Å². The number of hydrogen-bond donors (Lipinski definition) is 3. The minimum absolute atomic E-state index is 0.0850. The normalized spacial score (nSPS) is 18.0. The molecule has 1 aromatic heterocycles. The average Bonchev–Trinajstić information content (AvgIpc) is 3.04. The first-order valence-electron chi connectivity index (χ1n) is 10.5. The lowest BCUT2D eigenvalue weighted by Crippen LogP contribution is -2.43. The van der Waals surface area contributed by atoms with Crippen LogP contribution in [0.2, 0.25) is 0 Å². The Hall–Kier alpha value is -2.76. The van der Waals surface area contributed by atoms with E-state index in [4.69, 9.17) is 10.3 Å². The SMILES string of the molecule is CCNC(N=C(C)[C@@H](C)c1ncc(C)[nH]1)N(C)CCCN=C1C=CCC(C#N)=CN1. The van der Waals surface area contributed by atoms with Crippen molar-refractivity contribution >= 4 is 11.5 Å². The molecule has 0 fully saturated rings. The van der Waals surface area contributed by atoms with Crippen molar-refractivity contribution in [3.8, 4) is 6.07 Å². The van der Waals surface area contributed by atoms with Crippen molar-refractivity contribution in [1.82, 2.24) is 25.5 Å². The van der Waals surface area contributed by atoms with Crippen LogP contribution in [-0.2, 0) is 0 Å². The standard InChI is InChI=1S/C22H34N8/c1-6-24-22(29-18(4)17(3)21-27-14-16(2)28-21)30(5)12-8-11-25-20-10-7-9-19(13-23)15-26-20/h7,10,14-15,17,22,24H,6,8-9,11-12H2,1-5H3,(H,25,26)(H,27,28)/t17-,22?/m1/s1. The topological polar surface area (TPSA) is 104 Å². The van der Waals surface area contributed by atoms with Crippen LogP contribution in [-0.4, -0.2) is 59.4 Å². The van der Waals surface area contributed by atoms with Gasteiger partial charge in [-0.2, -0.15) is 5.26 Å². The van der Waals surface area contributed by atoms with E-state index in [1.54, 1.807) is 6.20 Å². The minimum Gasteiger partial charge on any atom is -0.346 e. The molecule has 0 saturated heterocycles. The lowest BCUT2D eigenvalue weighted by atomic mass is 10.1. The van der Waals surface area contributed by atoms with Crippen LogP contribution >= 0.6 is 0 Å². The van der Waals surface area contributed by atoms with Crippen molar-refractivity contribution in [2.45, 2.75) is 52.7 Å². The van der Waals surface area contributed by atoms with Crippen molar-refractivity contribution in [1.29, 1.82) is 5.26 Å². The molecule has 162 valence electrons. The highest BCUT2D eigenvalue weighted by Crippen LogP contribution is 2.14. The predicted molar refractivity (Wildman–Crippen MR) is 122 cm³/mol. The zero-order chi connectivity index (χ0) is 21.9. The quantitative estimate of drug-likeness (QED) is 0.313. The van der Waals surface area contributed by atoms with E-state index in [2.05, 4.69) is 64.4 Å². The molecule has 1 aliphatic heterocycles. The molecule has 2 rings (SSSR count). The molecule has 2 heterocycles. The van der Waals surface area contributed by atoms with Crippen LogP contribution in [0.5, 0.6) is 0 Å². The Bertz CT molecular complexity index is 840. The first kappa shape index (κ1) is 23.5. The maximum absolute atomic E-state index is 8.98. The molecule has 0 aliphatic carbocycles. The molecular formula is C22H34N8. The van der Waals surface area contributed by atoms with Gasteiger partial charge in [0.25, 0.3) is 0 Å². The Kier molecular flexibility index (Phi) is 9.45. The molecule has 30 heavy (non-hydrogen) atoms. The largest absolute Gasteiger partial charge is 0.346 e. The molecule has 0 radical (unpaired) electrons. The Morgan fingerprint density at radius 2 is 2.27 bits per heavy atom. The highest BCUT2D eigenvalue weighted by molar-refractivity contribution is 5.94. The number of H-pyrrole nitrogens is 1. The summed E-state index contributed by atoms with van der Waals surface area (Å²) in [5.41, 5.74) is 2.80. The molecule has 1 aliphatic rings. The second-order valence-corrected chi connectivity index (χ2v) is 7.51. The van der Waals surface area contributed by atoms with E-state index in [-0.39, 0.29) is 12.2 Å². The number of nitriles is 1. The zero-order valence-corrected chi connectivity index (χ0v) is 18.7. The van der Waals surface area contributed by atoms with Gasteiger partial charge < -0.3 is 10.3 Å². The van der Waals surface area contributed by atoms with Gasteiger partial charge in [0.1, 0.15) is 11.7 Å². The van der Waals surface area contributed by atoms with E-state index in [0.717, 1.165) is 42.6 Å². The number of nitrogens with zero attached hydrogens (tertiary/aromatic N) is 5. The number of allylic oxidation sites excluding steroid dienone is 2. The smallest absolute Gasteiger partial charge is 0.155 e. The highest BCUT2D eigenvalue weighted by atomic mass is 15.3. The average molecular weight is 411 g/mol. The summed E-state index contributed by atoms with van der Waals surface area (Å²) in [5.74, 6) is 1.88. The molecule has 8 nitrogen and oxygen atoms in total. The fourth-order valence-electron chi connectivity index (χ4n) is 3.02. The van der Waals surface area contributed by atoms with Crippen molar-refractivity contribution in [2.75, 3.05) is 26.7 Å². The summed E-state index contributed by atoms with van der Waals surface area (Å²) >= 11 is 0. The Morgan fingerprint density at radius 1 is 1.47 bits per heavy atom. The van der Waals surface area contributed by atoms with Crippen molar-refractivity contribution in [3.63, 3.8) is 0 Å². The van der Waals surface area contributed by atoms with E-state index in [9.17, 15) is 0 Å². The molecule has 1 unspecified atom stereocenters. The summed E-state index contributed by atoms with van der Waals surface area (Å²) < 4.78 is 0. The second-order valence-electron chi connectivity index (χ2n) is 7.51. The number of hydrogen-bond acceptors (Lipinski definition) is 6. The van der Waals surface area contributed by atoms with E-state index in [1.165, 1.54) is 0 Å². The molecule has 0 amide bonds. The molecule has 0 aromatic carbocycles. The summed E-state index contributed by atoms with van der Waals surface area (Å²) in [5, 5.41) is 15.5. The minimum atomic E-state index is -0.0850. The van der Waals surface area contributed by atoms with Gasteiger partial charge in [0.2, 0.25) is 0 Å². The molecule has 8 heteroatoms.